The fourth-order valence-corrected chi connectivity index (χ4v) is 5.60. The first-order chi connectivity index (χ1) is 8.74. The lowest BCUT2D eigenvalue weighted by Gasteiger charge is -2.19. The third kappa shape index (κ3) is 1.80. The summed E-state index contributed by atoms with van der Waals surface area (Å²) in [5.41, 5.74) is 1.58. The zero-order chi connectivity index (χ0) is 12.6. The van der Waals surface area contributed by atoms with Gasteiger partial charge < -0.3 is 9.36 Å². The maximum absolute atomic E-state index is 12.8. The van der Waals surface area contributed by atoms with Gasteiger partial charge in [-0.2, -0.15) is 0 Å². The molecule has 1 aromatic rings. The van der Waals surface area contributed by atoms with Crippen molar-refractivity contribution in [1.82, 2.24) is 0 Å². The smallest absolute Gasteiger partial charge is 0.216 e. The minimum Gasteiger partial charge on any atom is -0.391 e. The van der Waals surface area contributed by atoms with Gasteiger partial charge in [0.05, 0.1) is 6.61 Å². The van der Waals surface area contributed by atoms with Crippen LogP contribution in [0.2, 0.25) is 0 Å². The fraction of sp³-hybridized carbons (Fsp3) is 0.462. The van der Waals surface area contributed by atoms with Crippen LogP contribution in [-0.2, 0) is 13.9 Å². The molecular weight excluding hydrogens is 249 g/mol. The Morgan fingerprint density at radius 2 is 2.22 bits per heavy atom. The highest BCUT2D eigenvalue weighted by molar-refractivity contribution is 7.61. The Kier molecular flexibility index (Phi) is 3.00. The molecule has 3 atom stereocenters. The quantitative estimate of drug-likeness (QED) is 0.789. The van der Waals surface area contributed by atoms with Gasteiger partial charge in [-0.3, -0.25) is 4.57 Å². The highest BCUT2D eigenvalue weighted by Crippen LogP contribution is 2.61. The maximum atomic E-state index is 12.8. The molecule has 1 fully saturated rings. The number of hydrogen-bond acceptors (Lipinski definition) is 4. The van der Waals surface area contributed by atoms with Crippen molar-refractivity contribution in [1.29, 1.82) is 0 Å². The van der Waals surface area contributed by atoms with Crippen LogP contribution in [0, 0.1) is 0 Å². The van der Waals surface area contributed by atoms with Crippen LogP contribution in [0.5, 0.6) is 0 Å². The van der Waals surface area contributed by atoms with E-state index in [9.17, 15) is 4.57 Å². The van der Waals surface area contributed by atoms with E-state index >= 15 is 0 Å². The molecule has 0 aliphatic carbocycles. The van der Waals surface area contributed by atoms with Crippen molar-refractivity contribution < 1.29 is 13.9 Å². The largest absolute Gasteiger partial charge is 0.391 e. The van der Waals surface area contributed by atoms with Crippen LogP contribution in [0.25, 0.3) is 0 Å². The minimum absolute atomic E-state index is 0.0717. The van der Waals surface area contributed by atoms with Gasteiger partial charge in [-0.05, 0) is 13.3 Å². The summed E-state index contributed by atoms with van der Waals surface area (Å²) in [5.74, 6) is 0. The maximum Gasteiger partial charge on any atom is 0.216 e. The molecule has 0 amide bonds. The molecule has 5 heteroatoms. The second-order valence-corrected chi connectivity index (χ2v) is 7.30. The van der Waals surface area contributed by atoms with E-state index in [0.29, 0.717) is 12.8 Å². The van der Waals surface area contributed by atoms with Crippen molar-refractivity contribution in [3.05, 3.63) is 35.9 Å². The topological polar surface area (TPSA) is 47.9 Å². The van der Waals surface area contributed by atoms with Gasteiger partial charge in [0.2, 0.25) is 7.37 Å². The van der Waals surface area contributed by atoms with E-state index in [-0.39, 0.29) is 11.8 Å². The minimum atomic E-state index is -2.65. The summed E-state index contributed by atoms with van der Waals surface area (Å²) in [6, 6.07) is 9.80. The van der Waals surface area contributed by atoms with Crippen LogP contribution in [0.3, 0.4) is 0 Å². The van der Waals surface area contributed by atoms with Gasteiger partial charge in [0.25, 0.3) is 0 Å². The summed E-state index contributed by atoms with van der Waals surface area (Å²) >= 11 is 0. The Bertz CT molecular complexity index is 508. The Labute approximate surface area is 106 Å². The van der Waals surface area contributed by atoms with Gasteiger partial charge in [-0.15, -0.1) is 0 Å². The Morgan fingerprint density at radius 1 is 1.44 bits per heavy atom. The molecule has 0 unspecified atom stereocenters. The molecule has 0 saturated carbocycles. The molecule has 0 radical (unpaired) electrons. The number of fused-ring (bicyclic) bond motifs is 1. The molecule has 96 valence electrons. The first kappa shape index (κ1) is 11.9. The lowest BCUT2D eigenvalue weighted by atomic mass is 10.0. The van der Waals surface area contributed by atoms with Crippen LogP contribution in [0.15, 0.2) is 35.5 Å². The van der Waals surface area contributed by atoms with Crippen molar-refractivity contribution >= 4 is 13.1 Å². The van der Waals surface area contributed by atoms with Crippen LogP contribution in [0.4, 0.5) is 0 Å². The molecule has 0 spiro atoms. The molecule has 0 aromatic heterocycles. The third-order valence-electron chi connectivity index (χ3n) is 3.49. The van der Waals surface area contributed by atoms with E-state index in [4.69, 9.17) is 9.36 Å². The zero-order valence-electron chi connectivity index (χ0n) is 10.3. The molecule has 1 saturated heterocycles. The number of oxime groups is 1. The molecule has 2 heterocycles. The second-order valence-electron chi connectivity index (χ2n) is 4.59. The van der Waals surface area contributed by atoms with Crippen molar-refractivity contribution in [2.45, 2.75) is 25.1 Å². The van der Waals surface area contributed by atoms with E-state index in [0.717, 1.165) is 17.7 Å². The molecule has 18 heavy (non-hydrogen) atoms. The summed E-state index contributed by atoms with van der Waals surface area (Å²) in [5, 5.41) is 4.13. The van der Waals surface area contributed by atoms with Crippen LogP contribution in [-0.4, -0.2) is 30.2 Å². The Hall–Kier alpha value is -1.12. The zero-order valence-corrected chi connectivity index (χ0v) is 11.2. The molecule has 4 nitrogen and oxygen atoms in total. The van der Waals surface area contributed by atoms with Crippen LogP contribution in [0.1, 0.15) is 18.9 Å². The first-order valence-electron chi connectivity index (χ1n) is 6.27. The fourth-order valence-electron chi connectivity index (χ4n) is 2.70. The van der Waals surface area contributed by atoms with Crippen molar-refractivity contribution in [3.63, 3.8) is 0 Å². The highest BCUT2D eigenvalue weighted by Gasteiger charge is 2.53. The molecule has 2 aliphatic heterocycles. The standard InChI is InChI=1S/C13H16NO3P/c1-2-16-18(15)9-8-11-13(18)12(14-17-11)10-6-4-3-5-7-10/h3-7,11,13H,2,8-9H2,1H3/t11-,13+,18+/m0/s1. The van der Waals surface area contributed by atoms with E-state index in [1.165, 1.54) is 0 Å². The summed E-state index contributed by atoms with van der Waals surface area (Å²) in [6.45, 7) is 2.35. The molecule has 3 rings (SSSR count). The lowest BCUT2D eigenvalue weighted by Crippen LogP contribution is -2.25. The van der Waals surface area contributed by atoms with Gasteiger partial charge in [-0.25, -0.2) is 0 Å². The van der Waals surface area contributed by atoms with Crippen LogP contribution < -0.4 is 0 Å². The normalized spacial score (nSPS) is 33.9. The predicted molar refractivity (Wildman–Crippen MR) is 70.4 cm³/mol. The van der Waals surface area contributed by atoms with Gasteiger partial charge in [0.15, 0.2) is 0 Å². The SMILES string of the molecule is CCO[P@]1(=O)CC[C@@H]2ON=C(c3ccccc3)[C@@H]21. The second kappa shape index (κ2) is 4.52. The summed E-state index contributed by atoms with van der Waals surface area (Å²) in [6.07, 6.45) is 1.29. The van der Waals surface area contributed by atoms with Gasteiger partial charge >= 0.3 is 0 Å². The predicted octanol–water partition coefficient (Wildman–Crippen LogP) is 2.88. The lowest BCUT2D eigenvalue weighted by molar-refractivity contribution is 0.0893. The van der Waals surface area contributed by atoms with Crippen molar-refractivity contribution in [2.24, 2.45) is 5.16 Å². The first-order valence-corrected chi connectivity index (χ1v) is 8.15. The van der Waals surface area contributed by atoms with E-state index in [1.807, 2.05) is 37.3 Å². The number of benzene rings is 1. The van der Waals surface area contributed by atoms with E-state index in [2.05, 4.69) is 5.16 Å². The Morgan fingerprint density at radius 3 is 2.94 bits per heavy atom. The summed E-state index contributed by atoms with van der Waals surface area (Å²) in [7, 11) is -2.65. The van der Waals surface area contributed by atoms with Gasteiger partial charge in [0, 0.05) is 11.7 Å². The number of hydrogen-bond donors (Lipinski definition) is 0. The Balaban J connectivity index is 1.96. The highest BCUT2D eigenvalue weighted by atomic mass is 31.2. The molecular formula is C13H16NO3P. The average molecular weight is 265 g/mol. The van der Waals surface area contributed by atoms with Crippen molar-refractivity contribution in [3.8, 4) is 0 Å². The van der Waals surface area contributed by atoms with Gasteiger partial charge in [0.1, 0.15) is 17.5 Å². The van der Waals surface area contributed by atoms with Crippen LogP contribution >= 0.6 is 7.37 Å². The molecule has 0 bridgehead atoms. The van der Waals surface area contributed by atoms with E-state index < -0.39 is 7.37 Å². The molecule has 2 aliphatic rings. The average Bonchev–Trinajstić information content (AvgIpc) is 2.94. The number of rotatable bonds is 3. The van der Waals surface area contributed by atoms with Crippen molar-refractivity contribution in [2.75, 3.05) is 12.8 Å². The molecule has 1 aromatic carbocycles. The number of nitrogens with zero attached hydrogens (tertiary/aromatic N) is 1. The van der Waals surface area contributed by atoms with E-state index in [1.54, 1.807) is 0 Å². The van der Waals surface area contributed by atoms with Gasteiger partial charge in [-0.1, -0.05) is 35.5 Å². The summed E-state index contributed by atoms with van der Waals surface area (Å²) < 4.78 is 18.4. The monoisotopic (exact) mass is 265 g/mol. The third-order valence-corrected chi connectivity index (χ3v) is 6.49. The summed E-state index contributed by atoms with van der Waals surface area (Å²) in [4.78, 5) is 5.42. The molecule has 0 N–H and O–H groups in total.